The SMILES string of the molecule is N[C@@H](CS)C(=O)NBc1ccc(Bc2ccc(S(=O)(=O)NC(=O)NC3CCCCC3)cc2)cc1. The van der Waals surface area contributed by atoms with E-state index >= 15 is 0 Å². The molecule has 1 saturated carbocycles. The Bertz CT molecular complexity index is 1080. The molecule has 1 fully saturated rings. The van der Waals surface area contributed by atoms with E-state index in [9.17, 15) is 18.0 Å². The molecule has 8 nitrogen and oxygen atoms in total. The third-order valence-electron chi connectivity index (χ3n) is 5.83. The highest BCUT2D eigenvalue weighted by atomic mass is 32.2. The van der Waals surface area contributed by atoms with Gasteiger partial charge in [0.05, 0.1) is 10.9 Å². The van der Waals surface area contributed by atoms with Crippen LogP contribution in [0.3, 0.4) is 0 Å². The summed E-state index contributed by atoms with van der Waals surface area (Å²) >= 11 is 4.02. The van der Waals surface area contributed by atoms with Crippen molar-refractivity contribution in [3.8, 4) is 0 Å². The molecule has 0 unspecified atom stereocenters. The first-order valence-electron chi connectivity index (χ1n) is 11.4. The maximum Gasteiger partial charge on any atom is 0.328 e. The van der Waals surface area contributed by atoms with Gasteiger partial charge in [-0.2, -0.15) is 12.6 Å². The van der Waals surface area contributed by atoms with Crippen LogP contribution in [-0.4, -0.2) is 52.9 Å². The second-order valence-electron chi connectivity index (χ2n) is 8.56. The molecule has 0 saturated heterocycles. The number of amides is 3. The van der Waals surface area contributed by atoms with Crippen molar-refractivity contribution in [2.45, 2.75) is 49.1 Å². The van der Waals surface area contributed by atoms with Crippen molar-refractivity contribution in [2.75, 3.05) is 5.75 Å². The van der Waals surface area contributed by atoms with Crippen LogP contribution < -0.4 is 37.4 Å². The summed E-state index contributed by atoms with van der Waals surface area (Å²) in [5.41, 5.74) is 8.57. The van der Waals surface area contributed by atoms with E-state index in [1.807, 2.05) is 24.3 Å². The average Bonchev–Trinajstić information content (AvgIpc) is 2.83. The topological polar surface area (TPSA) is 130 Å². The smallest absolute Gasteiger partial charge is 0.328 e. The molecular formula is C22H30B2N4O4S2. The quantitative estimate of drug-likeness (QED) is 0.217. The van der Waals surface area contributed by atoms with Crippen LogP contribution >= 0.6 is 12.6 Å². The van der Waals surface area contributed by atoms with Crippen molar-refractivity contribution < 1.29 is 18.0 Å². The molecule has 1 atom stereocenters. The van der Waals surface area contributed by atoms with E-state index < -0.39 is 22.1 Å². The molecule has 0 bridgehead atoms. The van der Waals surface area contributed by atoms with Gasteiger partial charge in [0.15, 0.2) is 7.28 Å². The number of carbonyl (C=O) groups excluding carboxylic acids is 2. The van der Waals surface area contributed by atoms with Gasteiger partial charge >= 0.3 is 6.03 Å². The Kier molecular flexibility index (Phi) is 9.49. The standard InChI is InChI=1S/C22H30B2N4O4S2/c25-20(14-33)21(29)27-24-17-8-6-15(7-9-17)23-16-10-12-19(13-11-16)34(31,32)28-22(30)26-18-4-2-1-3-5-18/h6-13,18,20,23-24,33H,1-5,14,25H2,(H,27,29)(H2,26,28,30)/t20-/m0/s1. The Labute approximate surface area is 207 Å². The molecule has 2 aromatic rings. The molecule has 34 heavy (non-hydrogen) atoms. The third kappa shape index (κ3) is 7.82. The van der Waals surface area contributed by atoms with E-state index in [1.165, 1.54) is 12.1 Å². The first-order valence-corrected chi connectivity index (χ1v) is 13.5. The number of hydrogen-bond donors (Lipinski definition) is 5. The highest BCUT2D eigenvalue weighted by molar-refractivity contribution is 7.90. The Balaban J connectivity index is 1.52. The second-order valence-corrected chi connectivity index (χ2v) is 10.6. The fourth-order valence-electron chi connectivity index (χ4n) is 3.84. The van der Waals surface area contributed by atoms with E-state index in [4.69, 9.17) is 5.73 Å². The number of nitrogens with two attached hydrogens (primary N) is 1. The van der Waals surface area contributed by atoms with E-state index in [2.05, 4.69) is 27.9 Å². The molecule has 0 heterocycles. The number of nitrogens with one attached hydrogen (secondary N) is 3. The summed E-state index contributed by atoms with van der Waals surface area (Å²) in [6, 6.07) is 13.0. The molecule has 1 aliphatic carbocycles. The number of carbonyl (C=O) groups is 2. The van der Waals surface area contributed by atoms with Crippen LogP contribution in [0, 0.1) is 0 Å². The zero-order valence-corrected chi connectivity index (χ0v) is 20.7. The number of hydrogen-bond acceptors (Lipinski definition) is 6. The summed E-state index contributed by atoms with van der Waals surface area (Å²) in [6.07, 6.45) is 5.00. The highest BCUT2D eigenvalue weighted by Crippen LogP contribution is 2.17. The molecule has 3 rings (SSSR count). The number of rotatable bonds is 9. The molecule has 0 spiro atoms. The predicted octanol–water partition coefficient (Wildman–Crippen LogP) is -1.26. The minimum absolute atomic E-state index is 0.0274. The summed E-state index contributed by atoms with van der Waals surface area (Å²) < 4.78 is 27.2. The largest absolute Gasteiger partial charge is 0.396 e. The number of thiol groups is 1. The van der Waals surface area contributed by atoms with Crippen molar-refractivity contribution in [2.24, 2.45) is 5.73 Å². The zero-order chi connectivity index (χ0) is 24.6. The maximum atomic E-state index is 12.5. The van der Waals surface area contributed by atoms with Crippen LogP contribution in [0.1, 0.15) is 32.1 Å². The summed E-state index contributed by atoms with van der Waals surface area (Å²) in [5.74, 6) is 0.0456. The minimum atomic E-state index is -3.94. The van der Waals surface area contributed by atoms with Gasteiger partial charge in [0.1, 0.15) is 0 Å². The van der Waals surface area contributed by atoms with Crippen LogP contribution in [0.5, 0.6) is 0 Å². The Morgan fingerprint density at radius 2 is 1.53 bits per heavy atom. The Morgan fingerprint density at radius 1 is 0.971 bits per heavy atom. The molecule has 1 aliphatic rings. The lowest BCUT2D eigenvalue weighted by Gasteiger charge is -2.22. The number of urea groups is 1. The normalized spacial score (nSPS) is 15.1. The number of benzene rings is 2. The molecule has 3 amide bonds. The van der Waals surface area contributed by atoms with E-state index in [-0.39, 0.29) is 22.6 Å². The summed E-state index contributed by atoms with van der Waals surface area (Å²) in [6.45, 7) is 0. The van der Waals surface area contributed by atoms with E-state index in [0.29, 0.717) is 14.7 Å². The lowest BCUT2D eigenvalue weighted by atomic mass is 9.63. The van der Waals surface area contributed by atoms with Crippen LogP contribution in [0.25, 0.3) is 0 Å². The van der Waals surface area contributed by atoms with Crippen LogP contribution in [0.2, 0.25) is 0 Å². The zero-order valence-electron chi connectivity index (χ0n) is 19.0. The lowest BCUT2D eigenvalue weighted by Crippen LogP contribution is -2.46. The van der Waals surface area contributed by atoms with Crippen molar-refractivity contribution in [3.05, 3.63) is 48.5 Å². The Morgan fingerprint density at radius 3 is 2.12 bits per heavy atom. The average molecular weight is 500 g/mol. The summed E-state index contributed by atoms with van der Waals surface area (Å²) in [7, 11) is -2.94. The molecule has 180 valence electrons. The van der Waals surface area contributed by atoms with E-state index in [1.54, 1.807) is 12.1 Å². The fraction of sp³-hybridized carbons (Fsp3) is 0.364. The maximum absolute atomic E-state index is 12.5. The fourth-order valence-corrected chi connectivity index (χ4v) is 4.92. The summed E-state index contributed by atoms with van der Waals surface area (Å²) in [5, 5.41) is 5.53. The number of sulfonamides is 1. The van der Waals surface area contributed by atoms with Crippen molar-refractivity contribution in [1.82, 2.24) is 15.3 Å². The second kappa shape index (κ2) is 12.3. The Hall–Kier alpha value is -2.43. The lowest BCUT2D eigenvalue weighted by molar-refractivity contribution is -0.120. The van der Waals surface area contributed by atoms with Gasteiger partial charge in [-0.25, -0.2) is 17.9 Å². The van der Waals surface area contributed by atoms with Gasteiger partial charge in [-0.1, -0.05) is 72.0 Å². The van der Waals surface area contributed by atoms with Crippen LogP contribution in [-0.2, 0) is 14.8 Å². The van der Waals surface area contributed by atoms with Gasteiger partial charge < -0.3 is 16.3 Å². The van der Waals surface area contributed by atoms with E-state index in [0.717, 1.165) is 48.5 Å². The molecule has 12 heteroatoms. The van der Waals surface area contributed by atoms with Gasteiger partial charge in [0.2, 0.25) is 5.91 Å². The monoisotopic (exact) mass is 500 g/mol. The minimum Gasteiger partial charge on any atom is -0.396 e. The highest BCUT2D eigenvalue weighted by Gasteiger charge is 2.21. The molecule has 5 N–H and O–H groups in total. The summed E-state index contributed by atoms with van der Waals surface area (Å²) in [4.78, 5) is 23.9. The van der Waals surface area contributed by atoms with Gasteiger partial charge in [0.25, 0.3) is 17.4 Å². The van der Waals surface area contributed by atoms with Crippen molar-refractivity contribution in [1.29, 1.82) is 0 Å². The molecular weight excluding hydrogens is 470 g/mol. The van der Waals surface area contributed by atoms with Crippen LogP contribution in [0.4, 0.5) is 4.79 Å². The first kappa shape index (κ1) is 26.2. The van der Waals surface area contributed by atoms with Gasteiger partial charge in [-0.15, -0.1) is 0 Å². The molecule has 0 aliphatic heterocycles. The molecule has 0 radical (unpaired) electrons. The third-order valence-corrected chi connectivity index (χ3v) is 7.57. The molecule has 0 aromatic heterocycles. The van der Waals surface area contributed by atoms with Gasteiger partial charge in [0, 0.05) is 11.8 Å². The molecule has 2 aromatic carbocycles. The van der Waals surface area contributed by atoms with Gasteiger partial charge in [-0.3, -0.25) is 4.79 Å². The van der Waals surface area contributed by atoms with Crippen molar-refractivity contribution in [3.63, 3.8) is 0 Å². The predicted molar refractivity (Wildman–Crippen MR) is 142 cm³/mol. The van der Waals surface area contributed by atoms with Crippen molar-refractivity contribution >= 4 is 65.7 Å². The van der Waals surface area contributed by atoms with Gasteiger partial charge in [-0.05, 0) is 25.0 Å². The first-order chi connectivity index (χ1) is 16.3. The van der Waals surface area contributed by atoms with Crippen LogP contribution in [0.15, 0.2) is 53.4 Å².